The van der Waals surface area contributed by atoms with Gasteiger partial charge in [-0.1, -0.05) is 170 Å². The SMILES string of the molecule is CCC1(CCCc2ccc(-c3ccccc3C(C)C)cc2N2c3ccccc3N(c3ccccc3)C2C)c2ccc(-c3ccccc3C(C)C)cc2N2c3nccnc3N(c3ccccc3)C2C1(C)CC. The van der Waals surface area contributed by atoms with Crippen LogP contribution in [0.4, 0.5) is 45.8 Å². The molecule has 7 aromatic carbocycles. The normalized spacial score (nSPS) is 20.1. The molecule has 11 rings (SSSR count). The number of fused-ring (bicyclic) bond motifs is 6. The standard InChI is InChI=1S/C65H68N6/c1-9-64(8)63-70(51-27-15-12-16-28-51)61-62(67-41-40-66-61)71(63)60-43-49(55-32-20-18-30-53(55)45(5)6)37-38-56(60)65(64,10-2)39-23-24-47-35-36-48(54-31-19-17-29-52(54)44(3)4)42-59(47)69-46(7)68(50-25-13-11-14-26-50)57-33-21-22-34-58(57)69/h11-22,25-38,40-46,63H,9-10,23-24,39H2,1-8H3. The first kappa shape index (κ1) is 46.2. The molecule has 0 bridgehead atoms. The van der Waals surface area contributed by atoms with Gasteiger partial charge in [-0.05, 0) is 144 Å². The van der Waals surface area contributed by atoms with E-state index in [0.717, 1.165) is 49.4 Å². The lowest BCUT2D eigenvalue weighted by Gasteiger charge is -2.60. The highest BCUT2D eigenvalue weighted by molar-refractivity contribution is 5.91. The molecule has 0 spiro atoms. The van der Waals surface area contributed by atoms with Crippen LogP contribution in [0.25, 0.3) is 22.3 Å². The van der Waals surface area contributed by atoms with E-state index in [-0.39, 0.29) is 23.2 Å². The van der Waals surface area contributed by atoms with Gasteiger partial charge >= 0.3 is 0 Å². The average molecular weight is 933 g/mol. The molecule has 8 aromatic rings. The van der Waals surface area contributed by atoms with E-state index >= 15 is 0 Å². The maximum atomic E-state index is 5.19. The zero-order valence-corrected chi connectivity index (χ0v) is 42.8. The number of hydrogen-bond acceptors (Lipinski definition) is 6. The molecule has 0 aliphatic carbocycles. The molecule has 1 aromatic heterocycles. The van der Waals surface area contributed by atoms with Gasteiger partial charge in [0.15, 0.2) is 11.6 Å². The Balaban J connectivity index is 1.06. The number of rotatable bonds is 13. The molecule has 4 heterocycles. The van der Waals surface area contributed by atoms with Crippen molar-refractivity contribution in [1.82, 2.24) is 9.97 Å². The van der Waals surface area contributed by atoms with Gasteiger partial charge in [0, 0.05) is 46.0 Å². The molecule has 3 aliphatic rings. The Morgan fingerprint density at radius 1 is 0.507 bits per heavy atom. The molecule has 4 unspecified atom stereocenters. The monoisotopic (exact) mass is 933 g/mol. The van der Waals surface area contributed by atoms with Gasteiger partial charge in [-0.3, -0.25) is 0 Å². The third kappa shape index (κ3) is 7.43. The van der Waals surface area contributed by atoms with Crippen LogP contribution < -0.4 is 19.6 Å². The minimum absolute atomic E-state index is 0.0518. The van der Waals surface area contributed by atoms with Crippen molar-refractivity contribution >= 4 is 45.8 Å². The maximum Gasteiger partial charge on any atom is 0.178 e. The number of hydrogen-bond donors (Lipinski definition) is 0. The smallest absolute Gasteiger partial charge is 0.178 e. The van der Waals surface area contributed by atoms with Gasteiger partial charge in [0.25, 0.3) is 0 Å². The molecule has 6 heteroatoms. The number of benzene rings is 7. The van der Waals surface area contributed by atoms with Crippen molar-refractivity contribution in [3.63, 3.8) is 0 Å². The summed E-state index contributed by atoms with van der Waals surface area (Å²) in [4.78, 5) is 20.6. The highest BCUT2D eigenvalue weighted by Gasteiger charge is 2.62. The molecule has 71 heavy (non-hydrogen) atoms. The summed E-state index contributed by atoms with van der Waals surface area (Å²) in [7, 11) is 0. The molecule has 0 amide bonds. The lowest BCUT2D eigenvalue weighted by molar-refractivity contribution is 0.0712. The largest absolute Gasteiger partial charge is 0.319 e. The Morgan fingerprint density at radius 3 is 1.59 bits per heavy atom. The summed E-state index contributed by atoms with van der Waals surface area (Å²) in [5, 5.41) is 0. The average Bonchev–Trinajstić information content (AvgIpc) is 3.92. The third-order valence-electron chi connectivity index (χ3n) is 16.8. The van der Waals surface area contributed by atoms with Gasteiger partial charge in [-0.25, -0.2) is 9.97 Å². The summed E-state index contributed by atoms with van der Waals surface area (Å²) in [5.74, 6) is 2.64. The van der Waals surface area contributed by atoms with Crippen LogP contribution >= 0.6 is 0 Å². The van der Waals surface area contributed by atoms with Crippen LogP contribution in [0.5, 0.6) is 0 Å². The fourth-order valence-corrected chi connectivity index (χ4v) is 13.2. The topological polar surface area (TPSA) is 38.7 Å². The van der Waals surface area contributed by atoms with E-state index in [2.05, 4.69) is 245 Å². The van der Waals surface area contributed by atoms with Crippen LogP contribution in [0.3, 0.4) is 0 Å². The van der Waals surface area contributed by atoms with E-state index in [9.17, 15) is 0 Å². The molecule has 358 valence electrons. The van der Waals surface area contributed by atoms with Crippen LogP contribution in [0.1, 0.15) is 115 Å². The highest BCUT2D eigenvalue weighted by atomic mass is 15.5. The fraction of sp³-hybridized carbons (Fsp3) is 0.292. The summed E-state index contributed by atoms with van der Waals surface area (Å²) in [6.07, 6.45) is 8.68. The molecular formula is C65H68N6. The second-order valence-corrected chi connectivity index (χ2v) is 21.0. The third-order valence-corrected chi connectivity index (χ3v) is 16.8. The zero-order chi connectivity index (χ0) is 49.0. The van der Waals surface area contributed by atoms with Crippen LogP contribution in [0.15, 0.2) is 182 Å². The second kappa shape index (κ2) is 18.5. The fourth-order valence-electron chi connectivity index (χ4n) is 13.2. The van der Waals surface area contributed by atoms with Crippen molar-refractivity contribution in [1.29, 1.82) is 0 Å². The van der Waals surface area contributed by atoms with Crippen LogP contribution in [0.2, 0.25) is 0 Å². The molecule has 3 aliphatic heterocycles. The number of aryl methyl sites for hydroxylation is 1. The van der Waals surface area contributed by atoms with E-state index in [1.807, 2.05) is 12.4 Å². The van der Waals surface area contributed by atoms with Gasteiger partial charge in [0.2, 0.25) is 0 Å². The summed E-state index contributed by atoms with van der Waals surface area (Å²) in [6.45, 7) is 19.0. The Morgan fingerprint density at radius 2 is 1.01 bits per heavy atom. The van der Waals surface area contributed by atoms with Gasteiger partial charge < -0.3 is 19.6 Å². The summed E-state index contributed by atoms with van der Waals surface area (Å²) >= 11 is 0. The molecular weight excluding hydrogens is 865 g/mol. The van der Waals surface area contributed by atoms with Crippen LogP contribution in [-0.4, -0.2) is 22.3 Å². The number of nitrogens with zero attached hydrogens (tertiary/aromatic N) is 6. The Hall–Kier alpha value is -7.18. The van der Waals surface area contributed by atoms with Crippen molar-refractivity contribution in [2.75, 3.05) is 19.6 Å². The molecule has 4 atom stereocenters. The van der Waals surface area contributed by atoms with Crippen molar-refractivity contribution < 1.29 is 0 Å². The summed E-state index contributed by atoms with van der Waals surface area (Å²) in [5.41, 5.74) is 17.6. The molecule has 6 nitrogen and oxygen atoms in total. The highest BCUT2D eigenvalue weighted by Crippen LogP contribution is 2.65. The van der Waals surface area contributed by atoms with Gasteiger partial charge in [-0.15, -0.1) is 0 Å². The van der Waals surface area contributed by atoms with Crippen LogP contribution in [0, 0.1) is 5.41 Å². The molecule has 0 saturated carbocycles. The van der Waals surface area contributed by atoms with Crippen molar-refractivity contribution in [2.45, 2.75) is 117 Å². The van der Waals surface area contributed by atoms with Crippen molar-refractivity contribution in [2.24, 2.45) is 5.41 Å². The van der Waals surface area contributed by atoms with Crippen LogP contribution in [-0.2, 0) is 11.8 Å². The lowest BCUT2D eigenvalue weighted by Crippen LogP contribution is -2.63. The summed E-state index contributed by atoms with van der Waals surface area (Å²) < 4.78 is 0. The first-order chi connectivity index (χ1) is 34.6. The molecule has 0 saturated heterocycles. The van der Waals surface area contributed by atoms with E-state index in [0.29, 0.717) is 11.8 Å². The zero-order valence-electron chi connectivity index (χ0n) is 42.8. The van der Waals surface area contributed by atoms with E-state index in [4.69, 9.17) is 9.97 Å². The minimum atomic E-state index is -0.226. The van der Waals surface area contributed by atoms with Gasteiger partial charge in [-0.2, -0.15) is 0 Å². The van der Waals surface area contributed by atoms with Gasteiger partial charge in [0.1, 0.15) is 12.3 Å². The number of aromatic nitrogens is 2. The predicted molar refractivity (Wildman–Crippen MR) is 298 cm³/mol. The second-order valence-electron chi connectivity index (χ2n) is 21.0. The quantitative estimate of drug-likeness (QED) is 0.115. The number of anilines is 8. The Bertz CT molecular complexity index is 3200. The first-order valence-corrected chi connectivity index (χ1v) is 26.2. The van der Waals surface area contributed by atoms with Crippen molar-refractivity contribution in [3.05, 3.63) is 205 Å². The van der Waals surface area contributed by atoms with Gasteiger partial charge in [0.05, 0.1) is 11.4 Å². The van der Waals surface area contributed by atoms with E-state index in [1.165, 1.54) is 72.9 Å². The Labute approximate surface area is 422 Å². The molecule has 0 N–H and O–H groups in total. The predicted octanol–water partition coefficient (Wildman–Crippen LogP) is 17.4. The lowest BCUT2D eigenvalue weighted by atomic mass is 9.52. The molecule has 0 fully saturated rings. The molecule has 0 radical (unpaired) electrons. The first-order valence-electron chi connectivity index (χ1n) is 26.2. The minimum Gasteiger partial charge on any atom is -0.319 e. The number of para-hydroxylation sites is 4. The maximum absolute atomic E-state index is 5.19. The Kier molecular flexibility index (Phi) is 12.1. The van der Waals surface area contributed by atoms with Crippen molar-refractivity contribution in [3.8, 4) is 22.3 Å². The van der Waals surface area contributed by atoms with E-state index in [1.54, 1.807) is 0 Å². The summed E-state index contributed by atoms with van der Waals surface area (Å²) in [6, 6.07) is 63.5. The van der Waals surface area contributed by atoms with E-state index < -0.39 is 0 Å².